The smallest absolute Gasteiger partial charge is 0.186 e. The Labute approximate surface area is 112 Å². The van der Waals surface area contributed by atoms with Gasteiger partial charge in [0.2, 0.25) is 0 Å². The van der Waals surface area contributed by atoms with Crippen LogP contribution in [0.15, 0.2) is 30.3 Å². The number of fused-ring (bicyclic) bond motifs is 1. The Morgan fingerprint density at radius 3 is 2.68 bits per heavy atom. The van der Waals surface area contributed by atoms with Gasteiger partial charge in [-0.3, -0.25) is 0 Å². The Kier molecular flexibility index (Phi) is 2.64. The lowest BCUT2D eigenvalue weighted by Gasteiger charge is -2.02. The van der Waals surface area contributed by atoms with Crippen LogP contribution in [0.3, 0.4) is 0 Å². The van der Waals surface area contributed by atoms with Gasteiger partial charge in [0, 0.05) is 16.3 Å². The zero-order valence-corrected chi connectivity index (χ0v) is 10.3. The third-order valence-corrected chi connectivity index (χ3v) is 3.05. The number of anilines is 1. The van der Waals surface area contributed by atoms with E-state index in [1.54, 1.807) is 18.2 Å². The van der Waals surface area contributed by atoms with Gasteiger partial charge in [-0.05, 0) is 30.3 Å². The Hall–Kier alpha value is -2.14. The fourth-order valence-corrected chi connectivity index (χ4v) is 2.07. The number of aromatic amines is 1. The van der Waals surface area contributed by atoms with Gasteiger partial charge in [0.25, 0.3) is 0 Å². The van der Waals surface area contributed by atoms with E-state index in [2.05, 4.69) is 9.97 Å². The molecule has 0 fully saturated rings. The lowest BCUT2D eigenvalue weighted by molar-refractivity contribution is 0.515. The number of rotatable bonds is 1. The monoisotopic (exact) mass is 279 g/mol. The summed E-state index contributed by atoms with van der Waals surface area (Å²) in [5.74, 6) is -1.55. The maximum atomic E-state index is 13.6. The second-order valence-electron chi connectivity index (χ2n) is 4.07. The summed E-state index contributed by atoms with van der Waals surface area (Å²) in [6.45, 7) is 0. The van der Waals surface area contributed by atoms with Crippen molar-refractivity contribution >= 4 is 28.3 Å². The van der Waals surface area contributed by atoms with Crippen LogP contribution in [0.2, 0.25) is 5.02 Å². The molecule has 0 bridgehead atoms. The SMILES string of the molecule is Nc1cc(Cl)ccc1-c1nc2c(F)c(F)ccc2[nH]1. The number of hydrogen-bond donors (Lipinski definition) is 2. The molecular weight excluding hydrogens is 272 g/mol. The van der Waals surface area contributed by atoms with E-state index in [1.165, 1.54) is 6.07 Å². The van der Waals surface area contributed by atoms with Gasteiger partial charge in [0.15, 0.2) is 11.6 Å². The number of H-pyrrole nitrogens is 1. The first-order valence-corrected chi connectivity index (χ1v) is 5.83. The highest BCUT2D eigenvalue weighted by atomic mass is 35.5. The van der Waals surface area contributed by atoms with Gasteiger partial charge >= 0.3 is 0 Å². The van der Waals surface area contributed by atoms with Crippen LogP contribution in [-0.4, -0.2) is 9.97 Å². The van der Waals surface area contributed by atoms with Gasteiger partial charge in [0.1, 0.15) is 11.3 Å². The van der Waals surface area contributed by atoms with Crippen LogP contribution in [-0.2, 0) is 0 Å². The molecule has 0 aliphatic heterocycles. The molecule has 96 valence electrons. The minimum absolute atomic E-state index is 0.0515. The first-order valence-electron chi connectivity index (χ1n) is 5.45. The first-order chi connectivity index (χ1) is 9.06. The summed E-state index contributed by atoms with van der Waals surface area (Å²) in [6, 6.07) is 7.36. The maximum Gasteiger partial charge on any atom is 0.186 e. The lowest BCUT2D eigenvalue weighted by Crippen LogP contribution is -1.91. The lowest BCUT2D eigenvalue weighted by atomic mass is 10.2. The molecule has 0 atom stereocenters. The zero-order valence-electron chi connectivity index (χ0n) is 9.55. The number of nitrogens with two attached hydrogens (primary N) is 1. The summed E-state index contributed by atoms with van der Waals surface area (Å²) in [7, 11) is 0. The van der Waals surface area contributed by atoms with Crippen molar-refractivity contribution in [3.63, 3.8) is 0 Å². The predicted octanol–water partition coefficient (Wildman–Crippen LogP) is 3.74. The molecular formula is C13H8ClF2N3. The minimum atomic E-state index is -0.979. The maximum absolute atomic E-state index is 13.6. The van der Waals surface area contributed by atoms with Crippen LogP contribution >= 0.6 is 11.6 Å². The molecule has 3 aromatic rings. The molecule has 1 heterocycles. The Morgan fingerprint density at radius 1 is 1.16 bits per heavy atom. The summed E-state index contributed by atoms with van der Waals surface area (Å²) in [6.07, 6.45) is 0. The molecule has 3 rings (SSSR count). The normalized spacial score (nSPS) is 11.1. The number of hydrogen-bond acceptors (Lipinski definition) is 2. The molecule has 0 aliphatic carbocycles. The summed E-state index contributed by atoms with van der Waals surface area (Å²) < 4.78 is 26.7. The summed E-state index contributed by atoms with van der Waals surface area (Å²) in [5.41, 5.74) is 7.18. The average molecular weight is 280 g/mol. The van der Waals surface area contributed by atoms with E-state index in [9.17, 15) is 8.78 Å². The third-order valence-electron chi connectivity index (χ3n) is 2.81. The number of benzene rings is 2. The van der Waals surface area contributed by atoms with Gasteiger partial charge in [0.05, 0.1) is 5.52 Å². The van der Waals surface area contributed by atoms with Crippen molar-refractivity contribution in [2.24, 2.45) is 0 Å². The van der Waals surface area contributed by atoms with Crippen LogP contribution in [0.1, 0.15) is 0 Å². The van der Waals surface area contributed by atoms with Gasteiger partial charge in [-0.25, -0.2) is 13.8 Å². The van der Waals surface area contributed by atoms with Crippen molar-refractivity contribution < 1.29 is 8.78 Å². The van der Waals surface area contributed by atoms with E-state index in [4.69, 9.17) is 17.3 Å². The highest BCUT2D eigenvalue weighted by Gasteiger charge is 2.14. The number of halogens is 3. The van der Waals surface area contributed by atoms with Crippen molar-refractivity contribution in [3.8, 4) is 11.4 Å². The van der Waals surface area contributed by atoms with Crippen molar-refractivity contribution in [1.29, 1.82) is 0 Å². The highest BCUT2D eigenvalue weighted by Crippen LogP contribution is 2.29. The van der Waals surface area contributed by atoms with Crippen LogP contribution in [0.5, 0.6) is 0 Å². The average Bonchev–Trinajstić information content (AvgIpc) is 2.78. The molecule has 3 nitrogen and oxygen atoms in total. The number of imidazole rings is 1. The van der Waals surface area contributed by atoms with E-state index >= 15 is 0 Å². The number of nitrogen functional groups attached to an aromatic ring is 1. The molecule has 0 spiro atoms. The molecule has 0 aliphatic rings. The first kappa shape index (κ1) is 11.9. The van der Waals surface area contributed by atoms with Crippen LogP contribution in [0.4, 0.5) is 14.5 Å². The highest BCUT2D eigenvalue weighted by molar-refractivity contribution is 6.31. The zero-order chi connectivity index (χ0) is 13.6. The fraction of sp³-hybridized carbons (Fsp3) is 0. The largest absolute Gasteiger partial charge is 0.398 e. The van der Waals surface area contributed by atoms with Gasteiger partial charge in [-0.15, -0.1) is 0 Å². The molecule has 3 N–H and O–H groups in total. The molecule has 2 aromatic carbocycles. The van der Waals surface area contributed by atoms with Crippen LogP contribution in [0.25, 0.3) is 22.4 Å². The minimum Gasteiger partial charge on any atom is -0.398 e. The van der Waals surface area contributed by atoms with Crippen molar-refractivity contribution in [1.82, 2.24) is 9.97 Å². The number of nitrogens with zero attached hydrogens (tertiary/aromatic N) is 1. The molecule has 0 radical (unpaired) electrons. The number of nitrogens with one attached hydrogen (secondary N) is 1. The van der Waals surface area contributed by atoms with E-state index in [0.29, 0.717) is 27.6 Å². The van der Waals surface area contributed by atoms with Gasteiger partial charge < -0.3 is 10.7 Å². The van der Waals surface area contributed by atoms with Gasteiger partial charge in [-0.2, -0.15) is 0 Å². The fourth-order valence-electron chi connectivity index (χ4n) is 1.89. The topological polar surface area (TPSA) is 54.7 Å². The van der Waals surface area contributed by atoms with E-state index in [0.717, 1.165) is 6.07 Å². The van der Waals surface area contributed by atoms with Crippen molar-refractivity contribution in [2.45, 2.75) is 0 Å². The summed E-state index contributed by atoms with van der Waals surface area (Å²) in [4.78, 5) is 6.94. The molecule has 0 saturated heterocycles. The third kappa shape index (κ3) is 1.92. The molecule has 6 heteroatoms. The quantitative estimate of drug-likeness (QED) is 0.667. The van der Waals surface area contributed by atoms with Crippen molar-refractivity contribution in [2.75, 3.05) is 5.73 Å². The Bertz CT molecular complexity index is 783. The molecule has 0 saturated carbocycles. The second-order valence-corrected chi connectivity index (χ2v) is 4.51. The predicted molar refractivity (Wildman–Crippen MR) is 70.9 cm³/mol. The molecule has 19 heavy (non-hydrogen) atoms. The second kappa shape index (κ2) is 4.20. The van der Waals surface area contributed by atoms with E-state index in [-0.39, 0.29) is 5.52 Å². The van der Waals surface area contributed by atoms with E-state index < -0.39 is 11.6 Å². The van der Waals surface area contributed by atoms with Crippen LogP contribution in [0, 0.1) is 11.6 Å². The van der Waals surface area contributed by atoms with Crippen molar-refractivity contribution in [3.05, 3.63) is 47.0 Å². The van der Waals surface area contributed by atoms with Crippen LogP contribution < -0.4 is 5.73 Å². The molecule has 0 amide bonds. The molecule has 0 unspecified atom stereocenters. The standard InChI is InChI=1S/C13H8ClF2N3/c14-6-1-2-7(9(17)5-6)13-18-10-4-3-8(15)11(16)12(10)19-13/h1-5H,17H2,(H,18,19). The Morgan fingerprint density at radius 2 is 1.95 bits per heavy atom. The summed E-state index contributed by atoms with van der Waals surface area (Å²) >= 11 is 5.81. The van der Waals surface area contributed by atoms with Gasteiger partial charge in [-0.1, -0.05) is 11.6 Å². The van der Waals surface area contributed by atoms with E-state index in [1.807, 2.05) is 0 Å². The molecule has 1 aromatic heterocycles. The Balaban J connectivity index is 2.23. The number of aromatic nitrogens is 2. The summed E-state index contributed by atoms with van der Waals surface area (Å²) in [5, 5.41) is 0.495.